The van der Waals surface area contributed by atoms with E-state index in [2.05, 4.69) is 5.32 Å². The Hall–Kier alpha value is -1.40. The minimum Gasteiger partial charge on any atom is -0.427 e. The van der Waals surface area contributed by atoms with E-state index in [0.29, 0.717) is 11.0 Å². The fourth-order valence-corrected chi connectivity index (χ4v) is 1.48. The summed E-state index contributed by atoms with van der Waals surface area (Å²) in [6.07, 6.45) is 4.55. The van der Waals surface area contributed by atoms with Gasteiger partial charge in [-0.1, -0.05) is 6.08 Å². The van der Waals surface area contributed by atoms with Crippen molar-refractivity contribution in [2.24, 2.45) is 0 Å². The molecular weight excluding hydrogens is 258 g/mol. The van der Waals surface area contributed by atoms with Crippen LogP contribution >= 0.6 is 0 Å². The molecule has 0 radical (unpaired) electrons. The first-order chi connectivity index (χ1) is 9.08. The average Bonchev–Trinajstić information content (AvgIpc) is 2.31. The minimum atomic E-state index is -1.01. The van der Waals surface area contributed by atoms with Crippen LogP contribution in [0.15, 0.2) is 35.2 Å². The molecule has 0 bridgehead atoms. The number of allylic oxidation sites excluding steroid dienone is 5. The van der Waals surface area contributed by atoms with E-state index in [1.165, 1.54) is 6.08 Å². The van der Waals surface area contributed by atoms with Crippen molar-refractivity contribution in [3.8, 4) is 0 Å². The third-order valence-corrected chi connectivity index (χ3v) is 3.55. The zero-order valence-corrected chi connectivity index (χ0v) is 12.7. The van der Waals surface area contributed by atoms with Gasteiger partial charge < -0.3 is 15.1 Å². The van der Waals surface area contributed by atoms with Crippen LogP contribution < -0.4 is 5.32 Å². The zero-order chi connectivity index (χ0) is 15.6. The molecule has 110 valence electrons. The van der Waals surface area contributed by atoms with Crippen LogP contribution in [0.4, 0.5) is 4.39 Å². The van der Waals surface area contributed by atoms with Crippen molar-refractivity contribution >= 4 is 13.2 Å². The maximum Gasteiger partial charge on any atom is 0.309 e. The Labute approximate surface area is 120 Å². The zero-order valence-electron chi connectivity index (χ0n) is 12.7. The van der Waals surface area contributed by atoms with E-state index >= 15 is 0 Å². The van der Waals surface area contributed by atoms with Crippen LogP contribution in [0, 0.1) is 5.41 Å². The first kappa shape index (κ1) is 16.7. The molecule has 4 nitrogen and oxygen atoms in total. The van der Waals surface area contributed by atoms with Gasteiger partial charge in [-0.15, -0.1) is 0 Å². The molecule has 0 aromatic carbocycles. The molecular formula is C14H22BFN2O2. The van der Waals surface area contributed by atoms with E-state index in [-0.39, 0.29) is 13.2 Å². The number of hydrogen-bond donors (Lipinski definition) is 3. The molecule has 3 N–H and O–H groups in total. The smallest absolute Gasteiger partial charge is 0.309 e. The van der Waals surface area contributed by atoms with Gasteiger partial charge in [0.2, 0.25) is 0 Å². The number of nitrogens with one attached hydrogen (secondary N) is 2. The average molecular weight is 280 g/mol. The number of rotatable bonds is 5. The lowest BCUT2D eigenvalue weighted by Gasteiger charge is -2.37. The van der Waals surface area contributed by atoms with Gasteiger partial charge in [-0.2, -0.15) is 0 Å². The highest BCUT2D eigenvalue weighted by atomic mass is 19.1. The predicted octanol–water partition coefficient (Wildman–Crippen LogP) is 1.78. The number of aliphatic hydroxyl groups is 1. The third kappa shape index (κ3) is 3.80. The molecule has 0 fully saturated rings. The highest BCUT2D eigenvalue weighted by Crippen LogP contribution is 2.26. The third-order valence-electron chi connectivity index (χ3n) is 3.55. The molecule has 0 aromatic rings. The lowest BCUT2D eigenvalue weighted by Crippen LogP contribution is -2.48. The van der Waals surface area contributed by atoms with Crippen molar-refractivity contribution in [1.29, 1.82) is 5.41 Å². The Morgan fingerprint density at radius 2 is 1.95 bits per heavy atom. The molecule has 0 atom stereocenters. The maximum absolute atomic E-state index is 13.7. The summed E-state index contributed by atoms with van der Waals surface area (Å²) in [7, 11) is 1.86. The van der Waals surface area contributed by atoms with E-state index in [1.807, 2.05) is 0 Å². The summed E-state index contributed by atoms with van der Waals surface area (Å²) in [6, 6.07) is 0. The van der Waals surface area contributed by atoms with Crippen molar-refractivity contribution in [2.75, 3.05) is 7.05 Å². The second kappa shape index (κ2) is 5.93. The SMILES string of the molecule is CN/C=C1/C=C(BOC(C)(C)C(C)(C)O)C=C(F)C1=N. The standard InChI is InChI=1S/C14H22BFN2O2/c1-13(2,19)14(3,4)20-15-10-6-9(8-18-5)12(17)11(16)7-10/h6-8,15,17-19H,1-5H3/b9-8-,17-12?. The van der Waals surface area contributed by atoms with E-state index in [4.69, 9.17) is 10.1 Å². The maximum atomic E-state index is 13.7. The largest absolute Gasteiger partial charge is 0.427 e. The quantitative estimate of drug-likeness (QED) is 0.672. The Bertz CT molecular complexity index is 488. The first-order valence-electron chi connectivity index (χ1n) is 6.49. The summed E-state index contributed by atoms with van der Waals surface area (Å²) in [4.78, 5) is 0. The van der Waals surface area contributed by atoms with Gasteiger partial charge in [-0.25, -0.2) is 4.39 Å². The van der Waals surface area contributed by atoms with Crippen molar-refractivity contribution in [2.45, 2.75) is 38.9 Å². The van der Waals surface area contributed by atoms with Crippen LogP contribution in [0.1, 0.15) is 27.7 Å². The van der Waals surface area contributed by atoms with Gasteiger partial charge in [0.15, 0.2) is 0 Å². The van der Waals surface area contributed by atoms with Crippen LogP contribution in [0.2, 0.25) is 0 Å². The molecule has 0 spiro atoms. The number of halogens is 1. The lowest BCUT2D eigenvalue weighted by atomic mass is 9.79. The normalized spacial score (nSPS) is 18.8. The van der Waals surface area contributed by atoms with Crippen molar-refractivity contribution in [3.63, 3.8) is 0 Å². The Morgan fingerprint density at radius 3 is 2.45 bits per heavy atom. The molecule has 20 heavy (non-hydrogen) atoms. The van der Waals surface area contributed by atoms with E-state index in [1.54, 1.807) is 47.0 Å². The Morgan fingerprint density at radius 1 is 1.35 bits per heavy atom. The van der Waals surface area contributed by atoms with Crippen molar-refractivity contribution in [1.82, 2.24) is 5.32 Å². The molecule has 0 aromatic heterocycles. The predicted molar refractivity (Wildman–Crippen MR) is 80.8 cm³/mol. The molecule has 0 aliphatic heterocycles. The molecule has 1 aliphatic rings. The van der Waals surface area contributed by atoms with Crippen molar-refractivity contribution < 1.29 is 14.2 Å². The summed E-state index contributed by atoms with van der Waals surface area (Å²) in [6.45, 7) is 6.90. The molecule has 0 saturated carbocycles. The Kier molecular flexibility index (Phi) is 4.94. The van der Waals surface area contributed by atoms with Crippen LogP contribution in [0.3, 0.4) is 0 Å². The highest BCUT2D eigenvalue weighted by molar-refractivity contribution is 6.41. The van der Waals surface area contributed by atoms with Gasteiger partial charge in [0.1, 0.15) is 5.83 Å². The van der Waals surface area contributed by atoms with E-state index in [9.17, 15) is 9.50 Å². The van der Waals surface area contributed by atoms with Crippen LogP contribution in [0.25, 0.3) is 0 Å². The van der Waals surface area contributed by atoms with Crippen LogP contribution in [-0.2, 0) is 4.65 Å². The lowest BCUT2D eigenvalue weighted by molar-refractivity contribution is -0.0896. The second-order valence-corrected chi connectivity index (χ2v) is 5.83. The first-order valence-corrected chi connectivity index (χ1v) is 6.49. The summed E-state index contributed by atoms with van der Waals surface area (Å²) < 4.78 is 19.4. The molecule has 0 saturated heterocycles. The summed E-state index contributed by atoms with van der Waals surface area (Å²) >= 11 is 0. The van der Waals surface area contributed by atoms with Crippen LogP contribution in [0.5, 0.6) is 0 Å². The van der Waals surface area contributed by atoms with Gasteiger partial charge >= 0.3 is 7.48 Å². The second-order valence-electron chi connectivity index (χ2n) is 5.83. The fourth-order valence-electron chi connectivity index (χ4n) is 1.48. The fraction of sp³-hybridized carbons (Fsp3) is 0.500. The molecule has 1 rings (SSSR count). The summed E-state index contributed by atoms with van der Waals surface area (Å²) in [5.74, 6) is -0.589. The molecule has 0 unspecified atom stereocenters. The van der Waals surface area contributed by atoms with Gasteiger partial charge in [0.25, 0.3) is 0 Å². The molecule has 0 amide bonds. The Balaban J connectivity index is 2.86. The monoisotopic (exact) mass is 280 g/mol. The van der Waals surface area contributed by atoms with Gasteiger partial charge in [-0.05, 0) is 39.2 Å². The molecule has 1 aliphatic carbocycles. The molecule has 6 heteroatoms. The summed E-state index contributed by atoms with van der Waals surface area (Å²) in [5, 5.41) is 20.4. The van der Waals surface area contributed by atoms with Crippen molar-refractivity contribution in [3.05, 3.63) is 35.2 Å². The summed E-state index contributed by atoms with van der Waals surface area (Å²) in [5.41, 5.74) is -0.842. The van der Waals surface area contributed by atoms with E-state index in [0.717, 1.165) is 0 Å². The highest BCUT2D eigenvalue weighted by Gasteiger charge is 2.36. The molecule has 0 heterocycles. The minimum absolute atomic E-state index is 0.148. The van der Waals surface area contributed by atoms with Gasteiger partial charge in [-0.3, -0.25) is 5.41 Å². The topological polar surface area (TPSA) is 65.3 Å². The van der Waals surface area contributed by atoms with Crippen LogP contribution in [-0.4, -0.2) is 36.6 Å². The number of hydrogen-bond acceptors (Lipinski definition) is 4. The van der Waals surface area contributed by atoms with Gasteiger partial charge in [0, 0.05) is 18.8 Å². The van der Waals surface area contributed by atoms with E-state index < -0.39 is 17.0 Å². The van der Waals surface area contributed by atoms with Gasteiger partial charge in [0.05, 0.1) is 16.9 Å².